The molecule has 25 heavy (non-hydrogen) atoms. The number of ketones is 1. The zero-order valence-electron chi connectivity index (χ0n) is 14.5. The monoisotopic (exact) mass is 362 g/mol. The van der Waals surface area contributed by atoms with Gasteiger partial charge in [0.2, 0.25) is 0 Å². The number of aliphatic hydroxyl groups excluding tert-OH is 1. The van der Waals surface area contributed by atoms with Gasteiger partial charge in [-0.25, -0.2) is 0 Å². The highest BCUT2D eigenvalue weighted by Gasteiger charge is 2.38. The molecule has 0 bridgehead atoms. The van der Waals surface area contributed by atoms with Gasteiger partial charge in [0.15, 0.2) is 18.0 Å². The summed E-state index contributed by atoms with van der Waals surface area (Å²) in [6.45, 7) is 3.00. The summed E-state index contributed by atoms with van der Waals surface area (Å²) in [5.74, 6) is -3.75. The molecule has 0 aromatic carbocycles. The molecule has 0 spiro atoms. The van der Waals surface area contributed by atoms with Gasteiger partial charge in [-0.05, 0) is 0 Å². The first-order valence-corrected chi connectivity index (χ1v) is 7.34. The normalized spacial score (nSPS) is 13.8. The van der Waals surface area contributed by atoms with E-state index in [0.29, 0.717) is 0 Å². The second-order valence-electron chi connectivity index (χ2n) is 5.07. The molecule has 0 heterocycles. The van der Waals surface area contributed by atoms with Gasteiger partial charge in [0.1, 0.15) is 19.3 Å². The van der Waals surface area contributed by atoms with E-state index >= 15 is 0 Å². The highest BCUT2D eigenvalue weighted by Crippen LogP contribution is 2.18. The van der Waals surface area contributed by atoms with Gasteiger partial charge in [0.05, 0.1) is 0 Å². The highest BCUT2D eigenvalue weighted by atomic mass is 16.6. The molecule has 0 fully saturated rings. The molecule has 0 amide bonds. The van der Waals surface area contributed by atoms with E-state index in [0.717, 1.165) is 27.7 Å². The van der Waals surface area contributed by atoms with E-state index in [-0.39, 0.29) is 0 Å². The molecule has 0 radical (unpaired) electrons. The van der Waals surface area contributed by atoms with Crippen LogP contribution in [0.3, 0.4) is 0 Å². The average Bonchev–Trinajstić information content (AvgIpc) is 2.47. The molecule has 0 aliphatic carbocycles. The smallest absolute Gasteiger partial charge is 0.303 e. The molecule has 3 atom stereocenters. The van der Waals surface area contributed by atoms with Gasteiger partial charge in [-0.15, -0.1) is 0 Å². The number of rotatable bonds is 10. The quantitative estimate of drug-likeness (QED) is 0.391. The highest BCUT2D eigenvalue weighted by molar-refractivity contribution is 5.80. The number of ether oxygens (including phenoxy) is 4. The van der Waals surface area contributed by atoms with Crippen molar-refractivity contribution in [3.8, 4) is 0 Å². The predicted molar refractivity (Wildman–Crippen MR) is 80.0 cm³/mol. The lowest BCUT2D eigenvalue weighted by Crippen LogP contribution is -2.48. The van der Waals surface area contributed by atoms with Crippen molar-refractivity contribution in [2.75, 3.05) is 13.2 Å². The summed E-state index contributed by atoms with van der Waals surface area (Å²) in [4.78, 5) is 56.5. The molecule has 0 unspecified atom stereocenters. The number of hydrogen-bond donors (Lipinski definition) is 1. The van der Waals surface area contributed by atoms with Gasteiger partial charge in [-0.1, -0.05) is 0 Å². The molecule has 10 nitrogen and oxygen atoms in total. The largest absolute Gasteiger partial charge is 0.462 e. The fourth-order valence-electron chi connectivity index (χ4n) is 1.92. The van der Waals surface area contributed by atoms with Crippen LogP contribution in [0.4, 0.5) is 0 Å². The zero-order valence-corrected chi connectivity index (χ0v) is 14.5. The Kier molecular flexibility index (Phi) is 10.0. The molecule has 1 N–H and O–H groups in total. The van der Waals surface area contributed by atoms with Crippen molar-refractivity contribution in [2.45, 2.75) is 52.4 Å². The standard InChI is InChI=1S/C15H22O10/c1-8(17)22-7-14(24-10(3)19)15(25-11(4)20)13(23-9(2)18)5-12(21)6-16/h13-16H,5-7H2,1-4H3/t13-,14-,15+/m1/s1. The summed E-state index contributed by atoms with van der Waals surface area (Å²) < 4.78 is 19.8. The maximum absolute atomic E-state index is 11.5. The lowest BCUT2D eigenvalue weighted by atomic mass is 10.0. The van der Waals surface area contributed by atoms with Crippen molar-refractivity contribution in [3.05, 3.63) is 0 Å². The zero-order chi connectivity index (χ0) is 19.6. The molecule has 0 saturated carbocycles. The fourth-order valence-corrected chi connectivity index (χ4v) is 1.92. The van der Waals surface area contributed by atoms with Crippen molar-refractivity contribution < 1.29 is 48.0 Å². The van der Waals surface area contributed by atoms with Crippen molar-refractivity contribution in [2.24, 2.45) is 0 Å². The Hall–Kier alpha value is -2.49. The van der Waals surface area contributed by atoms with Gasteiger partial charge in [-0.2, -0.15) is 0 Å². The van der Waals surface area contributed by atoms with Crippen LogP contribution in [0.1, 0.15) is 34.1 Å². The Morgan fingerprint density at radius 1 is 0.760 bits per heavy atom. The van der Waals surface area contributed by atoms with Crippen molar-refractivity contribution in [1.29, 1.82) is 0 Å². The van der Waals surface area contributed by atoms with Crippen LogP contribution < -0.4 is 0 Å². The van der Waals surface area contributed by atoms with Crippen molar-refractivity contribution >= 4 is 29.7 Å². The van der Waals surface area contributed by atoms with Crippen LogP contribution in [0.2, 0.25) is 0 Å². The Balaban J connectivity index is 5.64. The Morgan fingerprint density at radius 2 is 1.24 bits per heavy atom. The second-order valence-corrected chi connectivity index (χ2v) is 5.07. The first kappa shape index (κ1) is 22.5. The molecule has 0 aliphatic heterocycles. The fraction of sp³-hybridized carbons (Fsp3) is 0.667. The van der Waals surface area contributed by atoms with Gasteiger partial charge in [0, 0.05) is 34.1 Å². The topological polar surface area (TPSA) is 142 Å². The van der Waals surface area contributed by atoms with Crippen LogP contribution in [0, 0.1) is 0 Å². The third-order valence-electron chi connectivity index (χ3n) is 2.73. The number of hydrogen-bond acceptors (Lipinski definition) is 10. The molecular weight excluding hydrogens is 340 g/mol. The van der Waals surface area contributed by atoms with Crippen molar-refractivity contribution in [1.82, 2.24) is 0 Å². The minimum atomic E-state index is -1.42. The molecule has 0 aromatic heterocycles. The summed E-state index contributed by atoms with van der Waals surface area (Å²) in [6, 6.07) is 0. The van der Waals surface area contributed by atoms with E-state index in [4.69, 9.17) is 24.1 Å². The SMILES string of the molecule is CC(=O)OC[C@@H](OC(C)=O)[C@@H](OC(C)=O)[C@@H](CC(=O)CO)OC(C)=O. The van der Waals surface area contributed by atoms with Crippen LogP contribution in [0.25, 0.3) is 0 Å². The molecule has 0 saturated heterocycles. The first-order valence-electron chi connectivity index (χ1n) is 7.34. The summed E-state index contributed by atoms with van der Waals surface area (Å²) in [7, 11) is 0. The Morgan fingerprint density at radius 3 is 1.64 bits per heavy atom. The van der Waals surface area contributed by atoms with E-state index in [2.05, 4.69) is 0 Å². The number of esters is 4. The van der Waals surface area contributed by atoms with E-state index in [1.54, 1.807) is 0 Å². The van der Waals surface area contributed by atoms with Gasteiger partial charge < -0.3 is 24.1 Å². The summed E-state index contributed by atoms with van der Waals surface area (Å²) in [5, 5.41) is 8.89. The predicted octanol–water partition coefficient (Wildman–Crippen LogP) is -0.704. The molecule has 0 aliphatic rings. The van der Waals surface area contributed by atoms with Gasteiger partial charge in [0.25, 0.3) is 0 Å². The first-order chi connectivity index (χ1) is 11.6. The van der Waals surface area contributed by atoms with E-state index in [1.807, 2.05) is 0 Å². The van der Waals surface area contributed by atoms with Crippen LogP contribution in [0.5, 0.6) is 0 Å². The lowest BCUT2D eigenvalue weighted by molar-refractivity contribution is -0.190. The second kappa shape index (κ2) is 11.1. The van der Waals surface area contributed by atoms with Crippen LogP contribution in [-0.4, -0.2) is 66.3 Å². The molecular formula is C15H22O10. The minimum absolute atomic E-state index is 0.488. The summed E-state index contributed by atoms with van der Waals surface area (Å²) in [6.07, 6.45) is -4.58. The Labute approximate surface area is 144 Å². The van der Waals surface area contributed by atoms with E-state index in [9.17, 15) is 24.0 Å². The third-order valence-corrected chi connectivity index (χ3v) is 2.73. The maximum Gasteiger partial charge on any atom is 0.303 e. The lowest BCUT2D eigenvalue weighted by Gasteiger charge is -2.31. The molecule has 0 aromatic rings. The minimum Gasteiger partial charge on any atom is -0.462 e. The van der Waals surface area contributed by atoms with Crippen LogP contribution in [0.15, 0.2) is 0 Å². The molecule has 142 valence electrons. The molecule has 10 heteroatoms. The number of carbonyl (C=O) groups excluding carboxylic acids is 5. The van der Waals surface area contributed by atoms with Crippen LogP contribution >= 0.6 is 0 Å². The van der Waals surface area contributed by atoms with E-state index in [1.165, 1.54) is 0 Å². The van der Waals surface area contributed by atoms with Crippen LogP contribution in [-0.2, 0) is 42.9 Å². The third kappa shape index (κ3) is 10.1. The van der Waals surface area contributed by atoms with Gasteiger partial charge in [-0.3, -0.25) is 24.0 Å². The number of carbonyl (C=O) groups is 5. The number of aliphatic hydroxyl groups is 1. The summed E-state index contributed by atoms with van der Waals surface area (Å²) >= 11 is 0. The number of Topliss-reactive ketones (excluding diaryl/α,β-unsaturated/α-hetero) is 1. The van der Waals surface area contributed by atoms with Gasteiger partial charge >= 0.3 is 23.9 Å². The van der Waals surface area contributed by atoms with E-state index < -0.39 is 67.6 Å². The van der Waals surface area contributed by atoms with Crippen molar-refractivity contribution in [3.63, 3.8) is 0 Å². The average molecular weight is 362 g/mol. The maximum atomic E-state index is 11.5. The molecule has 0 rings (SSSR count). The Bertz CT molecular complexity index is 512. The summed E-state index contributed by atoms with van der Waals surface area (Å²) in [5.41, 5.74) is 0.